The lowest BCUT2D eigenvalue weighted by Gasteiger charge is -2.59. The van der Waals surface area contributed by atoms with Gasteiger partial charge in [0.1, 0.15) is 0 Å². The van der Waals surface area contributed by atoms with Crippen LogP contribution in [0.25, 0.3) is 0 Å². The Morgan fingerprint density at radius 1 is 0.444 bits per heavy atom. The van der Waals surface area contributed by atoms with Gasteiger partial charge in [0, 0.05) is 36.3 Å². The van der Waals surface area contributed by atoms with Crippen molar-refractivity contribution in [2.45, 2.75) is 36.3 Å². The zero-order valence-electron chi connectivity index (χ0n) is 4.96. The van der Waals surface area contributed by atoms with Gasteiger partial charge in [-0.1, -0.05) is 0 Å². The standard InChI is InChI=1S/C6H9N3/c7-1-2-6-4(8-2)3(7)5(1)9-6/h1-9H. The Kier molecular flexibility index (Phi) is 0.371. The van der Waals surface area contributed by atoms with Gasteiger partial charge in [0.25, 0.3) is 0 Å². The van der Waals surface area contributed by atoms with Crippen LogP contribution in [0.1, 0.15) is 0 Å². The fraction of sp³-hybridized carbons (Fsp3) is 1.00. The summed E-state index contributed by atoms with van der Waals surface area (Å²) in [5.74, 6) is 0. The topological polar surface area (TPSA) is 36.1 Å². The van der Waals surface area contributed by atoms with Gasteiger partial charge >= 0.3 is 0 Å². The van der Waals surface area contributed by atoms with Crippen molar-refractivity contribution in [2.24, 2.45) is 0 Å². The molecule has 4 saturated heterocycles. The van der Waals surface area contributed by atoms with Crippen LogP contribution in [0, 0.1) is 0 Å². The van der Waals surface area contributed by atoms with Crippen molar-refractivity contribution in [1.29, 1.82) is 0 Å². The van der Waals surface area contributed by atoms with Crippen LogP contribution in [0.3, 0.4) is 0 Å². The summed E-state index contributed by atoms with van der Waals surface area (Å²) in [6.07, 6.45) is 0. The third-order valence-electron chi connectivity index (χ3n) is 3.48. The molecular weight excluding hydrogens is 114 g/mol. The van der Waals surface area contributed by atoms with E-state index in [1.54, 1.807) is 0 Å². The summed E-state index contributed by atoms with van der Waals surface area (Å²) < 4.78 is 0. The first-order valence-electron chi connectivity index (χ1n) is 3.73. The number of hydrogen-bond donors (Lipinski definition) is 3. The van der Waals surface area contributed by atoms with Crippen molar-refractivity contribution >= 4 is 0 Å². The fourth-order valence-corrected chi connectivity index (χ4v) is 3.01. The van der Waals surface area contributed by atoms with Crippen LogP contribution in [-0.4, -0.2) is 36.3 Å². The van der Waals surface area contributed by atoms with Gasteiger partial charge in [0.15, 0.2) is 0 Å². The molecule has 4 fully saturated rings. The lowest BCUT2D eigenvalue weighted by atomic mass is 9.69. The van der Waals surface area contributed by atoms with E-state index < -0.39 is 0 Å². The number of piperazine rings is 1. The van der Waals surface area contributed by atoms with E-state index in [4.69, 9.17) is 0 Å². The first-order valence-corrected chi connectivity index (χ1v) is 3.73. The summed E-state index contributed by atoms with van der Waals surface area (Å²) in [5.41, 5.74) is 0. The normalized spacial score (nSPS) is 80.0. The van der Waals surface area contributed by atoms with Crippen LogP contribution >= 0.6 is 0 Å². The summed E-state index contributed by atoms with van der Waals surface area (Å²) >= 11 is 0. The highest BCUT2D eigenvalue weighted by molar-refractivity contribution is 5.36. The predicted octanol–water partition coefficient (Wildman–Crippen LogP) is -1.98. The van der Waals surface area contributed by atoms with E-state index in [1.165, 1.54) is 0 Å². The van der Waals surface area contributed by atoms with Crippen LogP contribution in [0.15, 0.2) is 0 Å². The molecule has 0 aromatic rings. The highest BCUT2D eigenvalue weighted by Gasteiger charge is 2.71. The molecule has 4 rings (SSSR count). The molecular formula is C6H9N3. The largest absolute Gasteiger partial charge is 0.305 e. The van der Waals surface area contributed by atoms with Crippen LogP contribution in [0.5, 0.6) is 0 Å². The van der Waals surface area contributed by atoms with E-state index in [2.05, 4.69) is 16.0 Å². The van der Waals surface area contributed by atoms with E-state index in [-0.39, 0.29) is 0 Å². The predicted molar refractivity (Wildman–Crippen MR) is 32.1 cm³/mol. The Balaban J connectivity index is 1.97. The Labute approximate surface area is 53.2 Å². The van der Waals surface area contributed by atoms with Crippen molar-refractivity contribution in [1.82, 2.24) is 16.0 Å². The number of nitrogens with one attached hydrogen (secondary N) is 3. The lowest BCUT2D eigenvalue weighted by Crippen LogP contribution is -2.88. The van der Waals surface area contributed by atoms with E-state index >= 15 is 0 Å². The summed E-state index contributed by atoms with van der Waals surface area (Å²) in [6, 6.07) is 4.81. The average Bonchev–Trinajstić information content (AvgIpc) is 2.14. The highest BCUT2D eigenvalue weighted by atomic mass is 15.4. The molecule has 0 aliphatic carbocycles. The van der Waals surface area contributed by atoms with Gasteiger partial charge < -0.3 is 16.0 Å². The molecule has 0 spiro atoms. The van der Waals surface area contributed by atoms with Crippen molar-refractivity contribution in [3.05, 3.63) is 0 Å². The minimum absolute atomic E-state index is 0.782. The second-order valence-corrected chi connectivity index (χ2v) is 3.65. The molecule has 3 N–H and O–H groups in total. The first-order chi connectivity index (χ1) is 4.45. The minimum atomic E-state index is 0.782. The maximum Gasteiger partial charge on any atom is 0.0410 e. The smallest absolute Gasteiger partial charge is 0.0410 e. The molecule has 0 radical (unpaired) electrons. The van der Waals surface area contributed by atoms with E-state index in [0.29, 0.717) is 0 Å². The Morgan fingerprint density at radius 2 is 0.667 bits per heavy atom. The SMILES string of the molecule is N1C2C3NC4C1C2NC34. The molecule has 0 saturated carbocycles. The molecule has 3 nitrogen and oxygen atoms in total. The third kappa shape index (κ3) is 0.212. The zero-order valence-corrected chi connectivity index (χ0v) is 4.96. The zero-order chi connectivity index (χ0) is 5.59. The highest BCUT2D eigenvalue weighted by Crippen LogP contribution is 2.44. The summed E-state index contributed by atoms with van der Waals surface area (Å²) in [4.78, 5) is 0. The summed E-state index contributed by atoms with van der Waals surface area (Å²) in [5, 5.41) is 10.7. The molecule has 4 aliphatic heterocycles. The van der Waals surface area contributed by atoms with Gasteiger partial charge in [-0.2, -0.15) is 0 Å². The quantitative estimate of drug-likeness (QED) is 0.349. The van der Waals surface area contributed by atoms with E-state index in [9.17, 15) is 0 Å². The molecule has 9 heavy (non-hydrogen) atoms. The van der Waals surface area contributed by atoms with Gasteiger partial charge in [-0.3, -0.25) is 0 Å². The van der Waals surface area contributed by atoms with Crippen LogP contribution in [0.4, 0.5) is 0 Å². The molecule has 0 aromatic heterocycles. The van der Waals surface area contributed by atoms with E-state index in [1.807, 2.05) is 0 Å². The fourth-order valence-electron chi connectivity index (χ4n) is 3.01. The number of fused-ring (bicyclic) bond motifs is 2. The molecule has 2 bridgehead atoms. The van der Waals surface area contributed by atoms with Gasteiger partial charge in [0.05, 0.1) is 0 Å². The van der Waals surface area contributed by atoms with Crippen molar-refractivity contribution in [3.63, 3.8) is 0 Å². The van der Waals surface area contributed by atoms with Gasteiger partial charge in [-0.05, 0) is 0 Å². The number of rotatable bonds is 0. The van der Waals surface area contributed by atoms with Crippen molar-refractivity contribution in [3.8, 4) is 0 Å². The Bertz CT molecular complexity index is 143. The monoisotopic (exact) mass is 123 g/mol. The lowest BCUT2D eigenvalue weighted by molar-refractivity contribution is 0.0474. The maximum atomic E-state index is 3.60. The maximum absolute atomic E-state index is 3.60. The molecule has 3 heteroatoms. The minimum Gasteiger partial charge on any atom is -0.305 e. The number of hydrogen-bond acceptors (Lipinski definition) is 3. The first kappa shape index (κ1) is 3.91. The van der Waals surface area contributed by atoms with Crippen molar-refractivity contribution < 1.29 is 0 Å². The molecule has 0 unspecified atom stereocenters. The van der Waals surface area contributed by atoms with Crippen LogP contribution in [0.2, 0.25) is 0 Å². The van der Waals surface area contributed by atoms with Gasteiger partial charge in [-0.15, -0.1) is 0 Å². The van der Waals surface area contributed by atoms with Crippen LogP contribution in [-0.2, 0) is 0 Å². The van der Waals surface area contributed by atoms with Crippen LogP contribution < -0.4 is 16.0 Å². The second kappa shape index (κ2) is 0.856. The average molecular weight is 123 g/mol. The second-order valence-electron chi connectivity index (χ2n) is 3.65. The molecule has 0 amide bonds. The van der Waals surface area contributed by atoms with E-state index in [0.717, 1.165) is 36.3 Å². The molecule has 4 heterocycles. The molecule has 48 valence electrons. The van der Waals surface area contributed by atoms with Gasteiger partial charge in [0.2, 0.25) is 0 Å². The molecule has 0 atom stereocenters. The number of piperidine rings is 2. The van der Waals surface area contributed by atoms with Gasteiger partial charge in [-0.25, -0.2) is 0 Å². The third-order valence-corrected chi connectivity index (χ3v) is 3.48. The Morgan fingerprint density at radius 3 is 0.889 bits per heavy atom. The Hall–Kier alpha value is -0.120. The molecule has 4 aliphatic rings. The summed E-state index contributed by atoms with van der Waals surface area (Å²) in [7, 11) is 0. The summed E-state index contributed by atoms with van der Waals surface area (Å²) in [6.45, 7) is 0. The molecule has 0 aromatic carbocycles. The van der Waals surface area contributed by atoms with Crippen molar-refractivity contribution in [2.75, 3.05) is 0 Å².